The highest BCUT2D eigenvalue weighted by atomic mass is 35.5. The molecule has 4 rings (SSSR count). The number of rotatable bonds is 5. The Labute approximate surface area is 197 Å². The van der Waals surface area contributed by atoms with E-state index in [0.717, 1.165) is 19.3 Å². The summed E-state index contributed by atoms with van der Waals surface area (Å²) in [6.45, 7) is 0.978. The smallest absolute Gasteiger partial charge is 0.354 e. The Kier molecular flexibility index (Phi) is 7.30. The largest absolute Gasteiger partial charge is 0.393 e. The molecule has 7 atom stereocenters. The van der Waals surface area contributed by atoms with Gasteiger partial charge in [-0.3, -0.25) is 10.1 Å². The van der Waals surface area contributed by atoms with Crippen LogP contribution >= 0.6 is 11.6 Å². The summed E-state index contributed by atoms with van der Waals surface area (Å²) in [4.78, 5) is 12.5. The van der Waals surface area contributed by atoms with Gasteiger partial charge >= 0.3 is 6.18 Å². The van der Waals surface area contributed by atoms with Crippen molar-refractivity contribution in [3.63, 3.8) is 0 Å². The number of nitrogens with two attached hydrogens (primary N) is 1. The van der Waals surface area contributed by atoms with Gasteiger partial charge in [-0.05, 0) is 57.3 Å². The molecule has 0 aromatic rings. The fraction of sp³-hybridized carbons (Fsp3) is 0.826. The third-order valence-corrected chi connectivity index (χ3v) is 8.46. The molecular formula is C23H33ClF3N5O. The van der Waals surface area contributed by atoms with Gasteiger partial charge in [0.25, 0.3) is 0 Å². The lowest BCUT2D eigenvalue weighted by Crippen LogP contribution is -2.64. The summed E-state index contributed by atoms with van der Waals surface area (Å²) in [5, 5.41) is 18.3. The zero-order valence-electron chi connectivity index (χ0n) is 18.6. The molecule has 33 heavy (non-hydrogen) atoms. The highest BCUT2D eigenvalue weighted by Crippen LogP contribution is 2.45. The van der Waals surface area contributed by atoms with E-state index < -0.39 is 22.9 Å². The minimum Gasteiger partial charge on any atom is -0.354 e. The highest BCUT2D eigenvalue weighted by Gasteiger charge is 2.51. The molecule has 1 aliphatic heterocycles. The van der Waals surface area contributed by atoms with Crippen LogP contribution in [0, 0.1) is 34.5 Å². The second kappa shape index (κ2) is 9.73. The van der Waals surface area contributed by atoms with Crippen molar-refractivity contribution in [3.8, 4) is 6.07 Å². The first kappa shape index (κ1) is 24.8. The molecule has 0 bridgehead atoms. The maximum Gasteiger partial charge on any atom is 0.393 e. The number of hydrogen-bond donors (Lipinski definition) is 4. The van der Waals surface area contributed by atoms with E-state index in [1.807, 2.05) is 0 Å². The standard InChI is InChI=1S/C23H33ClF3N5O/c24-18-6-3-14(9-17(18)23(25,26)27)20-30-10-15(11-31-21(33)22(12-28)7-8-22)19(32-20)13-1-4-16(29)5-2-13/h1,14-20,30,32H,2-11,29H2,(H,31,33). The van der Waals surface area contributed by atoms with E-state index in [0.29, 0.717) is 38.8 Å². The number of carbonyl (C=O) groups excluding carboxylic acids is 1. The lowest BCUT2D eigenvalue weighted by molar-refractivity contribution is -0.185. The molecule has 6 nitrogen and oxygen atoms in total. The number of nitriles is 1. The minimum atomic E-state index is -4.30. The van der Waals surface area contributed by atoms with Crippen LogP contribution in [0.15, 0.2) is 11.6 Å². The number of amides is 1. The lowest BCUT2D eigenvalue weighted by Gasteiger charge is -2.46. The quantitative estimate of drug-likeness (QED) is 0.353. The molecule has 3 fully saturated rings. The molecule has 2 saturated carbocycles. The van der Waals surface area contributed by atoms with Gasteiger partial charge in [-0.15, -0.1) is 11.6 Å². The lowest BCUT2D eigenvalue weighted by atomic mass is 9.77. The Balaban J connectivity index is 1.44. The van der Waals surface area contributed by atoms with E-state index >= 15 is 0 Å². The molecule has 0 spiro atoms. The number of alkyl halides is 4. The fourth-order valence-corrected chi connectivity index (χ4v) is 5.93. The van der Waals surface area contributed by atoms with Crippen LogP contribution in [0.4, 0.5) is 13.2 Å². The predicted molar refractivity (Wildman–Crippen MR) is 119 cm³/mol. The monoisotopic (exact) mass is 487 g/mol. The number of halogens is 4. The molecule has 0 aromatic carbocycles. The Bertz CT molecular complexity index is 809. The highest BCUT2D eigenvalue weighted by molar-refractivity contribution is 6.20. The van der Waals surface area contributed by atoms with Crippen molar-refractivity contribution in [1.82, 2.24) is 16.0 Å². The molecule has 3 aliphatic carbocycles. The van der Waals surface area contributed by atoms with Crippen LogP contribution in [0.1, 0.15) is 51.4 Å². The maximum absolute atomic E-state index is 13.5. The molecule has 0 radical (unpaired) electrons. The summed E-state index contributed by atoms with van der Waals surface area (Å²) in [5.41, 5.74) is 6.39. The van der Waals surface area contributed by atoms with Gasteiger partial charge in [0.1, 0.15) is 5.41 Å². The second-order valence-corrected chi connectivity index (χ2v) is 10.8. The van der Waals surface area contributed by atoms with E-state index in [1.54, 1.807) is 0 Å². The molecule has 1 saturated heterocycles. The topological polar surface area (TPSA) is 103 Å². The van der Waals surface area contributed by atoms with Gasteiger partial charge in [0.2, 0.25) is 5.91 Å². The van der Waals surface area contributed by atoms with E-state index in [2.05, 4.69) is 28.1 Å². The van der Waals surface area contributed by atoms with Gasteiger partial charge in [-0.1, -0.05) is 11.6 Å². The summed E-state index contributed by atoms with van der Waals surface area (Å²) in [5.74, 6) is -1.86. The van der Waals surface area contributed by atoms with E-state index in [9.17, 15) is 23.2 Å². The average Bonchev–Trinajstić information content (AvgIpc) is 3.59. The summed E-state index contributed by atoms with van der Waals surface area (Å²) in [7, 11) is 0. The summed E-state index contributed by atoms with van der Waals surface area (Å²) in [6, 6.07) is 2.19. The first-order chi connectivity index (χ1) is 15.6. The molecule has 4 aliphatic rings. The van der Waals surface area contributed by atoms with E-state index in [-0.39, 0.29) is 42.4 Å². The number of nitrogens with one attached hydrogen (secondary N) is 3. The molecule has 1 amide bonds. The Hall–Kier alpha value is -1.34. The molecule has 7 unspecified atom stereocenters. The predicted octanol–water partition coefficient (Wildman–Crippen LogP) is 2.93. The molecule has 184 valence electrons. The molecule has 0 aromatic heterocycles. The molecular weight excluding hydrogens is 455 g/mol. The van der Waals surface area contributed by atoms with Crippen molar-refractivity contribution in [2.75, 3.05) is 13.1 Å². The van der Waals surface area contributed by atoms with Crippen LogP contribution < -0.4 is 21.7 Å². The average molecular weight is 488 g/mol. The summed E-state index contributed by atoms with van der Waals surface area (Å²) >= 11 is 6.04. The zero-order valence-corrected chi connectivity index (χ0v) is 19.4. The van der Waals surface area contributed by atoms with Gasteiger partial charge in [0, 0.05) is 36.5 Å². The maximum atomic E-state index is 13.5. The molecule has 5 N–H and O–H groups in total. The fourth-order valence-electron chi connectivity index (χ4n) is 5.56. The van der Waals surface area contributed by atoms with Crippen molar-refractivity contribution >= 4 is 17.5 Å². The SMILES string of the molecule is N#CC1(C(=O)NCC2CNC(C3CCC(Cl)C(C(F)(F)F)C3)NC2C2=CCC(N)CC2)CC1. The van der Waals surface area contributed by atoms with Crippen molar-refractivity contribution in [1.29, 1.82) is 5.26 Å². The van der Waals surface area contributed by atoms with E-state index in [1.165, 1.54) is 5.57 Å². The second-order valence-electron chi connectivity index (χ2n) is 10.2. The number of hydrogen-bond acceptors (Lipinski definition) is 5. The van der Waals surface area contributed by atoms with Crippen LogP contribution in [0.25, 0.3) is 0 Å². The molecule has 10 heteroatoms. The normalized spacial score (nSPS) is 38.7. The van der Waals surface area contributed by atoms with Crippen LogP contribution in [0.2, 0.25) is 0 Å². The van der Waals surface area contributed by atoms with Crippen LogP contribution in [0.3, 0.4) is 0 Å². The van der Waals surface area contributed by atoms with Gasteiger partial charge in [-0.2, -0.15) is 18.4 Å². The first-order valence-corrected chi connectivity index (χ1v) is 12.4. The Morgan fingerprint density at radius 3 is 2.70 bits per heavy atom. The third-order valence-electron chi connectivity index (χ3n) is 7.94. The van der Waals surface area contributed by atoms with Crippen molar-refractivity contribution < 1.29 is 18.0 Å². The third kappa shape index (κ3) is 5.50. The van der Waals surface area contributed by atoms with Crippen molar-refractivity contribution in [2.45, 2.75) is 81.2 Å². The van der Waals surface area contributed by atoms with Crippen molar-refractivity contribution in [3.05, 3.63) is 11.6 Å². The first-order valence-electron chi connectivity index (χ1n) is 12.0. The van der Waals surface area contributed by atoms with Crippen LogP contribution in [0.5, 0.6) is 0 Å². The van der Waals surface area contributed by atoms with Crippen molar-refractivity contribution in [2.24, 2.45) is 28.9 Å². The van der Waals surface area contributed by atoms with Gasteiger partial charge in [0.15, 0.2) is 0 Å². The Morgan fingerprint density at radius 2 is 2.09 bits per heavy atom. The molecule has 1 heterocycles. The summed E-state index contributed by atoms with van der Waals surface area (Å²) in [6.07, 6.45) is 2.24. The van der Waals surface area contributed by atoms with Gasteiger partial charge < -0.3 is 16.4 Å². The van der Waals surface area contributed by atoms with Gasteiger partial charge in [0.05, 0.1) is 18.2 Å². The zero-order chi connectivity index (χ0) is 23.8. The van der Waals surface area contributed by atoms with Gasteiger partial charge in [-0.25, -0.2) is 0 Å². The summed E-state index contributed by atoms with van der Waals surface area (Å²) < 4.78 is 40.5. The minimum absolute atomic E-state index is 0.00503. The van der Waals surface area contributed by atoms with Crippen LogP contribution in [-0.4, -0.2) is 48.8 Å². The number of carbonyl (C=O) groups is 1. The van der Waals surface area contributed by atoms with Crippen LogP contribution in [-0.2, 0) is 4.79 Å². The Morgan fingerprint density at radius 1 is 1.33 bits per heavy atom. The van der Waals surface area contributed by atoms with E-state index in [4.69, 9.17) is 17.3 Å². The number of nitrogens with zero attached hydrogens (tertiary/aromatic N) is 1.